The molecule has 0 radical (unpaired) electrons. The minimum absolute atomic E-state index is 0.123. The number of nitrogens with zero attached hydrogens (tertiary/aromatic N) is 1. The zero-order chi connectivity index (χ0) is 11.9. The fraction of sp³-hybridized carbons (Fsp3) is 0.833. The van der Waals surface area contributed by atoms with Crippen LogP contribution in [0, 0.1) is 16.7 Å². The molecule has 90 valence electrons. The topological polar surface area (TPSA) is 62.1 Å². The minimum Gasteiger partial charge on any atom is -0.466 e. The lowest BCUT2D eigenvalue weighted by atomic mass is 10.0. The van der Waals surface area contributed by atoms with Crippen LogP contribution in [-0.2, 0) is 9.53 Å². The van der Waals surface area contributed by atoms with E-state index in [9.17, 15) is 4.79 Å². The van der Waals surface area contributed by atoms with Crippen molar-refractivity contribution in [3.8, 4) is 6.07 Å². The molecule has 1 aliphatic carbocycles. The summed E-state index contributed by atoms with van der Waals surface area (Å²) in [5.41, 5.74) is 0.249. The standard InChI is InChI=1S/C12H20N2O2/c1-2-16-11(15)4-3-9-14-10-12(5-6-12)7-8-13/h14H,2-7,9-10H2,1H3. The van der Waals surface area contributed by atoms with Crippen LogP contribution in [0.1, 0.15) is 39.0 Å². The lowest BCUT2D eigenvalue weighted by molar-refractivity contribution is -0.143. The molecule has 16 heavy (non-hydrogen) atoms. The average Bonchev–Trinajstić information content (AvgIpc) is 2.99. The van der Waals surface area contributed by atoms with Crippen LogP contribution in [0.5, 0.6) is 0 Å². The van der Waals surface area contributed by atoms with E-state index < -0.39 is 0 Å². The van der Waals surface area contributed by atoms with Crippen molar-refractivity contribution in [3.05, 3.63) is 0 Å². The fourth-order valence-electron chi connectivity index (χ4n) is 1.70. The number of rotatable bonds is 8. The molecule has 1 fully saturated rings. The van der Waals surface area contributed by atoms with Gasteiger partial charge in [-0.2, -0.15) is 5.26 Å². The summed E-state index contributed by atoms with van der Waals surface area (Å²) in [4.78, 5) is 11.0. The molecule has 0 atom stereocenters. The monoisotopic (exact) mass is 224 g/mol. The van der Waals surface area contributed by atoms with E-state index in [0.29, 0.717) is 19.4 Å². The van der Waals surface area contributed by atoms with Gasteiger partial charge in [-0.1, -0.05) is 0 Å². The molecule has 1 N–H and O–H groups in total. The van der Waals surface area contributed by atoms with Gasteiger partial charge < -0.3 is 10.1 Å². The molecular weight excluding hydrogens is 204 g/mol. The Balaban J connectivity index is 1.96. The number of nitrogens with one attached hydrogen (secondary N) is 1. The third kappa shape index (κ3) is 4.63. The largest absolute Gasteiger partial charge is 0.466 e. The van der Waals surface area contributed by atoms with E-state index >= 15 is 0 Å². The summed E-state index contributed by atoms with van der Waals surface area (Å²) in [6.45, 7) is 4.00. The maximum Gasteiger partial charge on any atom is 0.305 e. The van der Waals surface area contributed by atoms with Crippen LogP contribution in [-0.4, -0.2) is 25.7 Å². The van der Waals surface area contributed by atoms with Crippen molar-refractivity contribution < 1.29 is 9.53 Å². The van der Waals surface area contributed by atoms with Gasteiger partial charge in [0.2, 0.25) is 0 Å². The molecule has 0 saturated heterocycles. The van der Waals surface area contributed by atoms with Crippen LogP contribution in [0.15, 0.2) is 0 Å². The number of ether oxygens (including phenoxy) is 1. The molecular formula is C12H20N2O2. The first kappa shape index (κ1) is 13.0. The van der Waals surface area contributed by atoms with Gasteiger partial charge in [0.05, 0.1) is 12.7 Å². The van der Waals surface area contributed by atoms with E-state index in [4.69, 9.17) is 10.00 Å². The normalized spacial score (nSPS) is 16.5. The van der Waals surface area contributed by atoms with Crippen molar-refractivity contribution in [2.75, 3.05) is 19.7 Å². The van der Waals surface area contributed by atoms with E-state index in [2.05, 4.69) is 11.4 Å². The highest BCUT2D eigenvalue weighted by Gasteiger charge is 2.41. The summed E-state index contributed by atoms with van der Waals surface area (Å²) in [5.74, 6) is -0.123. The molecule has 0 aromatic heterocycles. The van der Waals surface area contributed by atoms with Crippen LogP contribution in [0.25, 0.3) is 0 Å². The molecule has 0 heterocycles. The van der Waals surface area contributed by atoms with Gasteiger partial charge in [-0.3, -0.25) is 4.79 Å². The summed E-state index contributed by atoms with van der Waals surface area (Å²) in [6.07, 6.45) is 4.25. The first-order chi connectivity index (χ1) is 7.72. The number of hydrogen-bond acceptors (Lipinski definition) is 4. The van der Waals surface area contributed by atoms with Crippen molar-refractivity contribution in [1.29, 1.82) is 5.26 Å². The van der Waals surface area contributed by atoms with E-state index in [1.165, 1.54) is 0 Å². The Bertz CT molecular complexity index is 267. The Morgan fingerprint density at radius 3 is 2.88 bits per heavy atom. The SMILES string of the molecule is CCOC(=O)CCCNCC1(CC#N)CC1. The van der Waals surface area contributed by atoms with Gasteiger partial charge in [0, 0.05) is 19.4 Å². The first-order valence-corrected chi connectivity index (χ1v) is 5.96. The van der Waals surface area contributed by atoms with E-state index in [1.807, 2.05) is 6.92 Å². The van der Waals surface area contributed by atoms with Crippen LogP contribution in [0.2, 0.25) is 0 Å². The second kappa shape index (κ2) is 6.49. The molecule has 1 saturated carbocycles. The molecule has 0 unspecified atom stereocenters. The molecule has 1 rings (SSSR count). The lowest BCUT2D eigenvalue weighted by Crippen LogP contribution is -2.25. The molecule has 1 aliphatic rings. The van der Waals surface area contributed by atoms with Crippen LogP contribution >= 0.6 is 0 Å². The highest BCUT2D eigenvalue weighted by molar-refractivity contribution is 5.69. The minimum atomic E-state index is -0.123. The van der Waals surface area contributed by atoms with Crippen LogP contribution in [0.3, 0.4) is 0 Å². The lowest BCUT2D eigenvalue weighted by Gasteiger charge is -2.11. The zero-order valence-electron chi connectivity index (χ0n) is 9.92. The summed E-state index contributed by atoms with van der Waals surface area (Å²) in [5, 5.41) is 11.9. The van der Waals surface area contributed by atoms with Crippen molar-refractivity contribution in [1.82, 2.24) is 5.32 Å². The molecule has 0 bridgehead atoms. The maximum atomic E-state index is 11.0. The second-order valence-corrected chi connectivity index (χ2v) is 4.42. The summed E-state index contributed by atoms with van der Waals surface area (Å²) < 4.78 is 4.83. The smallest absolute Gasteiger partial charge is 0.305 e. The second-order valence-electron chi connectivity index (χ2n) is 4.42. The molecule has 4 heteroatoms. The number of nitriles is 1. The van der Waals surface area contributed by atoms with Gasteiger partial charge in [0.15, 0.2) is 0 Å². The predicted octanol–water partition coefficient (Wildman–Crippen LogP) is 1.61. The highest BCUT2D eigenvalue weighted by atomic mass is 16.5. The molecule has 0 spiro atoms. The molecule has 4 nitrogen and oxygen atoms in total. The molecule has 0 aromatic rings. The van der Waals surface area contributed by atoms with Crippen molar-refractivity contribution >= 4 is 5.97 Å². The maximum absolute atomic E-state index is 11.0. The van der Waals surface area contributed by atoms with Crippen LogP contribution < -0.4 is 5.32 Å². The predicted molar refractivity (Wildman–Crippen MR) is 60.6 cm³/mol. The Morgan fingerprint density at radius 1 is 1.56 bits per heavy atom. The van der Waals surface area contributed by atoms with E-state index in [-0.39, 0.29) is 11.4 Å². The van der Waals surface area contributed by atoms with Gasteiger partial charge in [-0.05, 0) is 38.1 Å². The quantitative estimate of drug-likeness (QED) is 0.502. The Morgan fingerprint density at radius 2 is 2.31 bits per heavy atom. The van der Waals surface area contributed by atoms with Gasteiger partial charge in [-0.15, -0.1) is 0 Å². The number of carbonyl (C=O) groups is 1. The van der Waals surface area contributed by atoms with Crippen LogP contribution in [0.4, 0.5) is 0 Å². The van der Waals surface area contributed by atoms with Gasteiger partial charge in [-0.25, -0.2) is 0 Å². The number of hydrogen-bond donors (Lipinski definition) is 1. The van der Waals surface area contributed by atoms with Crippen molar-refractivity contribution in [3.63, 3.8) is 0 Å². The van der Waals surface area contributed by atoms with Crippen molar-refractivity contribution in [2.45, 2.75) is 39.0 Å². The molecule has 0 aromatic carbocycles. The molecule has 0 amide bonds. The van der Waals surface area contributed by atoms with E-state index in [0.717, 1.165) is 32.4 Å². The summed E-state index contributed by atoms with van der Waals surface area (Å²) >= 11 is 0. The first-order valence-electron chi connectivity index (χ1n) is 5.96. The van der Waals surface area contributed by atoms with Gasteiger partial charge in [0.1, 0.15) is 0 Å². The third-order valence-electron chi connectivity index (χ3n) is 2.95. The Labute approximate surface area is 97.0 Å². The highest BCUT2D eigenvalue weighted by Crippen LogP contribution is 2.47. The summed E-state index contributed by atoms with van der Waals surface area (Å²) in [6, 6.07) is 2.23. The fourth-order valence-corrected chi connectivity index (χ4v) is 1.70. The van der Waals surface area contributed by atoms with E-state index in [1.54, 1.807) is 0 Å². The summed E-state index contributed by atoms with van der Waals surface area (Å²) in [7, 11) is 0. The number of esters is 1. The molecule has 0 aliphatic heterocycles. The Hall–Kier alpha value is -1.08. The number of carbonyl (C=O) groups excluding carboxylic acids is 1. The third-order valence-corrected chi connectivity index (χ3v) is 2.95. The van der Waals surface area contributed by atoms with Crippen molar-refractivity contribution in [2.24, 2.45) is 5.41 Å². The average molecular weight is 224 g/mol. The van der Waals surface area contributed by atoms with Gasteiger partial charge >= 0.3 is 5.97 Å². The Kier molecular flexibility index (Phi) is 5.27. The zero-order valence-corrected chi connectivity index (χ0v) is 9.92. The van der Waals surface area contributed by atoms with Gasteiger partial charge in [0.25, 0.3) is 0 Å².